The molecule has 2 N–H and O–H groups in total. The number of hydrogen-bond donors (Lipinski definition) is 2. The average molecular weight is 199 g/mol. The minimum absolute atomic E-state index is 0.238. The van der Waals surface area contributed by atoms with Crippen LogP contribution in [0.5, 0.6) is 0 Å². The van der Waals surface area contributed by atoms with Crippen LogP contribution >= 0.6 is 0 Å². The van der Waals surface area contributed by atoms with Crippen LogP contribution in [0.1, 0.15) is 46.5 Å². The minimum atomic E-state index is -0.679. The van der Waals surface area contributed by atoms with Gasteiger partial charge in [0.15, 0.2) is 0 Å². The van der Waals surface area contributed by atoms with Gasteiger partial charge in [0.05, 0.1) is 0 Å². The SMILES string of the molecule is CCC1CCC(NC(C)C)(C(=O)O)C1. The first kappa shape index (κ1) is 11.5. The third kappa shape index (κ3) is 2.27. The Bertz CT molecular complexity index is 215. The molecule has 1 aliphatic carbocycles. The van der Waals surface area contributed by atoms with Crippen LogP contribution in [0.2, 0.25) is 0 Å². The highest BCUT2D eigenvalue weighted by molar-refractivity contribution is 5.79. The van der Waals surface area contributed by atoms with E-state index in [1.54, 1.807) is 0 Å². The molecule has 0 heterocycles. The van der Waals surface area contributed by atoms with Crippen molar-refractivity contribution in [2.45, 2.75) is 58.0 Å². The molecule has 0 aromatic heterocycles. The lowest BCUT2D eigenvalue weighted by Gasteiger charge is -2.28. The van der Waals surface area contributed by atoms with E-state index in [0.29, 0.717) is 5.92 Å². The van der Waals surface area contributed by atoms with Crippen molar-refractivity contribution in [2.75, 3.05) is 0 Å². The van der Waals surface area contributed by atoms with Crippen molar-refractivity contribution in [3.8, 4) is 0 Å². The maximum Gasteiger partial charge on any atom is 0.323 e. The predicted octanol–water partition coefficient (Wildman–Crippen LogP) is 2.02. The Morgan fingerprint density at radius 3 is 2.64 bits per heavy atom. The van der Waals surface area contributed by atoms with Crippen molar-refractivity contribution >= 4 is 5.97 Å². The smallest absolute Gasteiger partial charge is 0.323 e. The summed E-state index contributed by atoms with van der Waals surface area (Å²) in [5.74, 6) is -0.0977. The van der Waals surface area contributed by atoms with Gasteiger partial charge >= 0.3 is 5.97 Å². The highest BCUT2D eigenvalue weighted by Crippen LogP contribution is 2.36. The van der Waals surface area contributed by atoms with Gasteiger partial charge in [-0.2, -0.15) is 0 Å². The van der Waals surface area contributed by atoms with E-state index < -0.39 is 11.5 Å². The predicted molar refractivity (Wildman–Crippen MR) is 56.3 cm³/mol. The van der Waals surface area contributed by atoms with Crippen LogP contribution in [0, 0.1) is 5.92 Å². The highest BCUT2D eigenvalue weighted by atomic mass is 16.4. The van der Waals surface area contributed by atoms with Gasteiger partial charge in [-0.15, -0.1) is 0 Å². The molecular weight excluding hydrogens is 178 g/mol. The van der Waals surface area contributed by atoms with Gasteiger partial charge in [-0.05, 0) is 39.0 Å². The zero-order valence-electron chi connectivity index (χ0n) is 9.34. The molecule has 0 aromatic carbocycles. The molecule has 2 atom stereocenters. The summed E-state index contributed by atoms with van der Waals surface area (Å²) in [7, 11) is 0. The van der Waals surface area contributed by atoms with Crippen molar-refractivity contribution in [2.24, 2.45) is 5.92 Å². The molecule has 1 saturated carbocycles. The van der Waals surface area contributed by atoms with Crippen LogP contribution in [0.25, 0.3) is 0 Å². The molecule has 14 heavy (non-hydrogen) atoms. The van der Waals surface area contributed by atoms with E-state index in [9.17, 15) is 9.90 Å². The first-order valence-electron chi connectivity index (χ1n) is 5.51. The second-order valence-corrected chi connectivity index (χ2v) is 4.70. The van der Waals surface area contributed by atoms with Gasteiger partial charge in [0.2, 0.25) is 0 Å². The van der Waals surface area contributed by atoms with Crippen molar-refractivity contribution in [3.63, 3.8) is 0 Å². The van der Waals surface area contributed by atoms with Crippen LogP contribution in [-0.2, 0) is 4.79 Å². The molecule has 0 amide bonds. The van der Waals surface area contributed by atoms with Gasteiger partial charge in [0.1, 0.15) is 5.54 Å². The molecule has 3 nitrogen and oxygen atoms in total. The third-order valence-electron chi connectivity index (χ3n) is 3.17. The summed E-state index contributed by atoms with van der Waals surface area (Å²) in [4.78, 5) is 11.3. The van der Waals surface area contributed by atoms with Gasteiger partial charge in [-0.25, -0.2) is 0 Å². The molecule has 0 spiro atoms. The Morgan fingerprint density at radius 2 is 2.29 bits per heavy atom. The molecular formula is C11H21NO2. The number of aliphatic carboxylic acids is 1. The summed E-state index contributed by atoms with van der Waals surface area (Å²) in [6.45, 7) is 6.14. The fraction of sp³-hybridized carbons (Fsp3) is 0.909. The average Bonchev–Trinajstić information content (AvgIpc) is 2.48. The molecule has 1 aliphatic rings. The second kappa shape index (κ2) is 4.30. The normalized spacial score (nSPS) is 32.4. The van der Waals surface area contributed by atoms with Crippen LogP contribution in [0.15, 0.2) is 0 Å². The number of carboxylic acids is 1. The Morgan fingerprint density at radius 1 is 1.64 bits per heavy atom. The number of rotatable bonds is 4. The zero-order valence-corrected chi connectivity index (χ0v) is 9.34. The Kier molecular flexibility index (Phi) is 3.53. The van der Waals surface area contributed by atoms with Gasteiger partial charge < -0.3 is 5.11 Å². The van der Waals surface area contributed by atoms with E-state index in [4.69, 9.17) is 0 Å². The van der Waals surface area contributed by atoms with E-state index in [1.807, 2.05) is 13.8 Å². The van der Waals surface area contributed by atoms with E-state index >= 15 is 0 Å². The van der Waals surface area contributed by atoms with E-state index in [2.05, 4.69) is 12.2 Å². The maximum atomic E-state index is 11.3. The summed E-state index contributed by atoms with van der Waals surface area (Å²) in [5.41, 5.74) is -0.644. The summed E-state index contributed by atoms with van der Waals surface area (Å²) in [6, 6.07) is 0.238. The number of carboxylic acid groups (broad SMARTS) is 1. The molecule has 0 radical (unpaired) electrons. The lowest BCUT2D eigenvalue weighted by atomic mass is 9.94. The summed E-state index contributed by atoms with van der Waals surface area (Å²) < 4.78 is 0. The Balaban J connectivity index is 2.70. The first-order chi connectivity index (χ1) is 6.50. The van der Waals surface area contributed by atoms with Crippen LogP contribution in [0.4, 0.5) is 0 Å². The molecule has 2 unspecified atom stereocenters. The van der Waals surface area contributed by atoms with E-state index in [0.717, 1.165) is 25.7 Å². The highest BCUT2D eigenvalue weighted by Gasteiger charge is 2.44. The van der Waals surface area contributed by atoms with Crippen molar-refractivity contribution in [1.82, 2.24) is 5.32 Å². The number of carbonyl (C=O) groups is 1. The molecule has 0 saturated heterocycles. The van der Waals surface area contributed by atoms with Crippen molar-refractivity contribution in [3.05, 3.63) is 0 Å². The van der Waals surface area contributed by atoms with Gasteiger partial charge in [-0.1, -0.05) is 13.3 Å². The van der Waals surface area contributed by atoms with Gasteiger partial charge in [-0.3, -0.25) is 10.1 Å². The van der Waals surface area contributed by atoms with Crippen LogP contribution in [-0.4, -0.2) is 22.7 Å². The lowest BCUT2D eigenvalue weighted by Crippen LogP contribution is -2.52. The Labute approximate surface area is 85.9 Å². The van der Waals surface area contributed by atoms with Crippen LogP contribution < -0.4 is 5.32 Å². The molecule has 0 aliphatic heterocycles. The second-order valence-electron chi connectivity index (χ2n) is 4.70. The Hall–Kier alpha value is -0.570. The van der Waals surface area contributed by atoms with Gasteiger partial charge in [0.25, 0.3) is 0 Å². The summed E-state index contributed by atoms with van der Waals surface area (Å²) >= 11 is 0. The number of nitrogens with one attached hydrogen (secondary N) is 1. The largest absolute Gasteiger partial charge is 0.480 e. The summed E-state index contributed by atoms with van der Waals surface area (Å²) in [6.07, 6.45) is 3.70. The van der Waals surface area contributed by atoms with Crippen molar-refractivity contribution < 1.29 is 9.90 Å². The topological polar surface area (TPSA) is 49.3 Å². The molecule has 82 valence electrons. The van der Waals surface area contributed by atoms with Crippen LogP contribution in [0.3, 0.4) is 0 Å². The minimum Gasteiger partial charge on any atom is -0.480 e. The lowest BCUT2D eigenvalue weighted by molar-refractivity contribution is -0.145. The van der Waals surface area contributed by atoms with E-state index in [1.165, 1.54) is 0 Å². The number of hydrogen-bond acceptors (Lipinski definition) is 2. The standard InChI is InChI=1S/C11H21NO2/c1-4-9-5-6-11(7-9,10(13)14)12-8(2)3/h8-9,12H,4-7H2,1-3H3,(H,13,14). The maximum absolute atomic E-state index is 11.3. The fourth-order valence-electron chi connectivity index (χ4n) is 2.44. The molecule has 0 bridgehead atoms. The quantitative estimate of drug-likeness (QED) is 0.728. The van der Waals surface area contributed by atoms with Gasteiger partial charge in [0, 0.05) is 6.04 Å². The monoisotopic (exact) mass is 199 g/mol. The molecule has 3 heteroatoms. The fourth-order valence-corrected chi connectivity index (χ4v) is 2.44. The molecule has 1 fully saturated rings. The first-order valence-corrected chi connectivity index (χ1v) is 5.51. The zero-order chi connectivity index (χ0) is 10.8. The third-order valence-corrected chi connectivity index (χ3v) is 3.17. The van der Waals surface area contributed by atoms with E-state index in [-0.39, 0.29) is 6.04 Å². The van der Waals surface area contributed by atoms with Crippen molar-refractivity contribution in [1.29, 1.82) is 0 Å². The summed E-state index contributed by atoms with van der Waals surface area (Å²) in [5, 5.41) is 12.5. The molecule has 1 rings (SSSR count). The molecule has 0 aromatic rings.